The van der Waals surface area contributed by atoms with Crippen LogP contribution in [0.15, 0.2) is 10.6 Å². The van der Waals surface area contributed by atoms with Crippen molar-refractivity contribution in [1.82, 2.24) is 14.5 Å². The molecule has 0 unspecified atom stereocenters. The Labute approximate surface area is 93.0 Å². The molecule has 0 aromatic carbocycles. The van der Waals surface area contributed by atoms with Crippen LogP contribution in [-0.2, 0) is 6.54 Å². The summed E-state index contributed by atoms with van der Waals surface area (Å²) in [4.78, 5) is 7.31. The minimum absolute atomic E-state index is 0.586. The molecule has 0 atom stereocenters. The number of hydrogen-bond donors (Lipinski definition) is 1. The van der Waals surface area contributed by atoms with Gasteiger partial charge in [0.05, 0.1) is 5.69 Å². The zero-order chi connectivity index (χ0) is 11.0. The fourth-order valence-electron chi connectivity index (χ4n) is 1.42. The van der Waals surface area contributed by atoms with Crippen molar-refractivity contribution in [3.63, 3.8) is 0 Å². The average Bonchev–Trinajstić information content (AvgIpc) is 2.64. The van der Waals surface area contributed by atoms with E-state index in [1.54, 1.807) is 0 Å². The fraction of sp³-hybridized carbons (Fsp3) is 0.400. The van der Waals surface area contributed by atoms with E-state index in [1.165, 1.54) is 0 Å². The van der Waals surface area contributed by atoms with Crippen LogP contribution >= 0.6 is 12.2 Å². The van der Waals surface area contributed by atoms with Gasteiger partial charge in [-0.1, -0.05) is 0 Å². The van der Waals surface area contributed by atoms with E-state index in [1.807, 2.05) is 31.5 Å². The Kier molecular flexibility index (Phi) is 2.48. The Morgan fingerprint density at radius 1 is 1.47 bits per heavy atom. The van der Waals surface area contributed by atoms with Crippen molar-refractivity contribution in [3.8, 4) is 0 Å². The highest BCUT2D eigenvalue weighted by molar-refractivity contribution is 7.71. The standard InChI is InChI=1S/C10H13N3OS/c1-6-4-11-10(15)13(6)5-9-12-7(2)8(3)14-9/h4H,5H2,1-3H3,(H,11,15). The third-order valence-corrected chi connectivity index (χ3v) is 2.78. The number of nitrogens with zero attached hydrogens (tertiary/aromatic N) is 2. The molecule has 4 nitrogen and oxygen atoms in total. The molecule has 0 fully saturated rings. The van der Waals surface area contributed by atoms with Crippen molar-refractivity contribution in [2.45, 2.75) is 27.3 Å². The summed E-state index contributed by atoms with van der Waals surface area (Å²) in [6.07, 6.45) is 1.88. The van der Waals surface area contributed by atoms with Crippen LogP contribution in [0.1, 0.15) is 23.0 Å². The summed E-state index contributed by atoms with van der Waals surface area (Å²) >= 11 is 5.15. The predicted molar refractivity (Wildman–Crippen MR) is 59.4 cm³/mol. The second kappa shape index (κ2) is 3.66. The molecule has 5 heteroatoms. The molecule has 80 valence electrons. The summed E-state index contributed by atoms with van der Waals surface area (Å²) in [6, 6.07) is 0. The fourth-order valence-corrected chi connectivity index (χ4v) is 1.69. The molecule has 0 amide bonds. The van der Waals surface area contributed by atoms with Gasteiger partial charge in [0.1, 0.15) is 12.3 Å². The van der Waals surface area contributed by atoms with E-state index in [0.29, 0.717) is 17.2 Å². The predicted octanol–water partition coefficient (Wildman–Crippen LogP) is 2.51. The molecule has 0 radical (unpaired) electrons. The van der Waals surface area contributed by atoms with Crippen LogP contribution in [0, 0.1) is 25.5 Å². The number of aromatic amines is 1. The Bertz CT molecular complexity index is 516. The van der Waals surface area contributed by atoms with Gasteiger partial charge < -0.3 is 14.0 Å². The van der Waals surface area contributed by atoms with E-state index in [4.69, 9.17) is 16.6 Å². The van der Waals surface area contributed by atoms with Gasteiger partial charge in [0.25, 0.3) is 0 Å². The van der Waals surface area contributed by atoms with Crippen molar-refractivity contribution in [2.24, 2.45) is 0 Å². The lowest BCUT2D eigenvalue weighted by Gasteiger charge is -2.00. The minimum atomic E-state index is 0.586. The van der Waals surface area contributed by atoms with E-state index >= 15 is 0 Å². The van der Waals surface area contributed by atoms with E-state index < -0.39 is 0 Å². The van der Waals surface area contributed by atoms with E-state index in [2.05, 4.69) is 9.97 Å². The first-order valence-corrected chi connectivity index (χ1v) is 5.16. The molecule has 1 N–H and O–H groups in total. The second-order valence-electron chi connectivity index (χ2n) is 3.57. The average molecular weight is 223 g/mol. The van der Waals surface area contributed by atoms with E-state index in [0.717, 1.165) is 17.1 Å². The van der Waals surface area contributed by atoms with Gasteiger partial charge in [-0.05, 0) is 33.0 Å². The number of aryl methyl sites for hydroxylation is 3. The van der Waals surface area contributed by atoms with Crippen LogP contribution in [0.4, 0.5) is 0 Å². The van der Waals surface area contributed by atoms with Crippen molar-refractivity contribution in [1.29, 1.82) is 0 Å². The molecular formula is C10H13N3OS. The van der Waals surface area contributed by atoms with Crippen LogP contribution in [0.5, 0.6) is 0 Å². The van der Waals surface area contributed by atoms with Gasteiger partial charge in [-0.25, -0.2) is 4.98 Å². The molecule has 2 aromatic heterocycles. The van der Waals surface area contributed by atoms with Crippen LogP contribution in [-0.4, -0.2) is 14.5 Å². The quantitative estimate of drug-likeness (QED) is 0.796. The highest BCUT2D eigenvalue weighted by Crippen LogP contribution is 2.11. The molecule has 0 saturated carbocycles. The molecule has 15 heavy (non-hydrogen) atoms. The van der Waals surface area contributed by atoms with Crippen molar-refractivity contribution in [2.75, 3.05) is 0 Å². The third-order valence-electron chi connectivity index (χ3n) is 2.44. The molecule has 2 aromatic rings. The van der Waals surface area contributed by atoms with Gasteiger partial charge in [0.15, 0.2) is 4.77 Å². The first-order chi connectivity index (χ1) is 7.08. The van der Waals surface area contributed by atoms with Gasteiger partial charge >= 0.3 is 0 Å². The zero-order valence-electron chi connectivity index (χ0n) is 9.00. The highest BCUT2D eigenvalue weighted by Gasteiger charge is 2.07. The number of imidazole rings is 1. The summed E-state index contributed by atoms with van der Waals surface area (Å²) in [5.41, 5.74) is 2.01. The second-order valence-corrected chi connectivity index (χ2v) is 3.96. The van der Waals surface area contributed by atoms with Gasteiger partial charge in [-0.2, -0.15) is 0 Å². The number of rotatable bonds is 2. The molecule has 0 spiro atoms. The molecule has 2 rings (SSSR count). The van der Waals surface area contributed by atoms with Gasteiger partial charge in [-0.15, -0.1) is 0 Å². The smallest absolute Gasteiger partial charge is 0.214 e. The van der Waals surface area contributed by atoms with Crippen molar-refractivity contribution >= 4 is 12.2 Å². The van der Waals surface area contributed by atoms with Crippen molar-refractivity contribution in [3.05, 3.63) is 34.0 Å². The number of nitrogens with one attached hydrogen (secondary N) is 1. The summed E-state index contributed by atoms with van der Waals surface area (Å²) in [6.45, 7) is 6.43. The number of oxazole rings is 1. The Morgan fingerprint density at radius 3 is 2.67 bits per heavy atom. The topological polar surface area (TPSA) is 46.8 Å². The SMILES string of the molecule is Cc1nc(Cn2c(C)c[nH]c2=S)oc1C. The zero-order valence-corrected chi connectivity index (χ0v) is 9.81. The lowest BCUT2D eigenvalue weighted by molar-refractivity contribution is 0.454. The molecule has 0 bridgehead atoms. The number of aromatic nitrogens is 3. The Balaban J connectivity index is 2.33. The Hall–Kier alpha value is -1.36. The maximum absolute atomic E-state index is 5.51. The normalized spacial score (nSPS) is 10.9. The van der Waals surface area contributed by atoms with Crippen LogP contribution < -0.4 is 0 Å². The van der Waals surface area contributed by atoms with Gasteiger partial charge in [-0.3, -0.25) is 0 Å². The highest BCUT2D eigenvalue weighted by atomic mass is 32.1. The van der Waals surface area contributed by atoms with E-state index in [-0.39, 0.29) is 0 Å². The third kappa shape index (κ3) is 1.87. The lowest BCUT2D eigenvalue weighted by Crippen LogP contribution is -2.01. The maximum Gasteiger partial charge on any atom is 0.214 e. The molecular weight excluding hydrogens is 210 g/mol. The van der Waals surface area contributed by atoms with Gasteiger partial charge in [0, 0.05) is 11.9 Å². The molecule has 2 heterocycles. The molecule has 0 aliphatic rings. The molecule has 0 saturated heterocycles. The van der Waals surface area contributed by atoms with E-state index in [9.17, 15) is 0 Å². The molecule has 0 aliphatic heterocycles. The Morgan fingerprint density at radius 2 is 2.20 bits per heavy atom. The first kappa shape index (κ1) is 10.2. The first-order valence-electron chi connectivity index (χ1n) is 4.75. The summed E-state index contributed by atoms with van der Waals surface area (Å²) in [7, 11) is 0. The lowest BCUT2D eigenvalue weighted by atomic mass is 10.4. The van der Waals surface area contributed by atoms with Crippen molar-refractivity contribution < 1.29 is 4.42 Å². The van der Waals surface area contributed by atoms with Crippen LogP contribution in [0.25, 0.3) is 0 Å². The maximum atomic E-state index is 5.51. The van der Waals surface area contributed by atoms with Gasteiger partial charge in [0.2, 0.25) is 5.89 Å². The van der Waals surface area contributed by atoms with Crippen LogP contribution in [0.3, 0.4) is 0 Å². The summed E-state index contributed by atoms with van der Waals surface area (Å²) in [5, 5.41) is 0. The van der Waals surface area contributed by atoms with Crippen LogP contribution in [0.2, 0.25) is 0 Å². The largest absolute Gasteiger partial charge is 0.444 e. The summed E-state index contributed by atoms with van der Waals surface area (Å²) < 4.78 is 8.16. The number of hydrogen-bond acceptors (Lipinski definition) is 3. The number of H-pyrrole nitrogens is 1. The monoisotopic (exact) mass is 223 g/mol. The molecule has 0 aliphatic carbocycles. The minimum Gasteiger partial charge on any atom is -0.444 e. The summed E-state index contributed by atoms with van der Waals surface area (Å²) in [5.74, 6) is 1.56.